The van der Waals surface area contributed by atoms with Crippen LogP contribution in [-0.2, 0) is 9.84 Å². The van der Waals surface area contributed by atoms with Gasteiger partial charge >= 0.3 is 0 Å². The van der Waals surface area contributed by atoms with Crippen LogP contribution in [0.5, 0.6) is 0 Å². The van der Waals surface area contributed by atoms with Crippen LogP contribution in [0.2, 0.25) is 0 Å². The molecule has 4 aromatic rings. The lowest BCUT2D eigenvalue weighted by atomic mass is 10.2. The fourth-order valence-corrected chi connectivity index (χ4v) is 4.74. The highest BCUT2D eigenvalue weighted by atomic mass is 32.2. The van der Waals surface area contributed by atoms with Gasteiger partial charge in [-0.3, -0.25) is 10.1 Å². The Labute approximate surface area is 160 Å². The van der Waals surface area contributed by atoms with Gasteiger partial charge in [-0.2, -0.15) is 0 Å². The van der Waals surface area contributed by atoms with Gasteiger partial charge in [0.05, 0.1) is 15.3 Å². The average Bonchev–Trinajstić information content (AvgIpc) is 3.13. The molecule has 3 aromatic carbocycles. The fraction of sp³-hybridized carbons (Fsp3) is 0.0526. The Morgan fingerprint density at radius 3 is 2.21 bits per heavy atom. The molecule has 0 aliphatic heterocycles. The maximum absolute atomic E-state index is 13.5. The van der Waals surface area contributed by atoms with Crippen molar-refractivity contribution in [2.75, 3.05) is 0 Å². The molecule has 1 aromatic heterocycles. The molecule has 28 heavy (non-hydrogen) atoms. The number of para-hydroxylation sites is 1. The molecule has 0 spiro atoms. The van der Waals surface area contributed by atoms with Gasteiger partial charge in [-0.25, -0.2) is 13.1 Å². The summed E-state index contributed by atoms with van der Waals surface area (Å²) in [5, 5.41) is 17.9. The molecule has 9 heteroatoms. The highest BCUT2D eigenvalue weighted by Crippen LogP contribution is 2.33. The predicted octanol–water partition coefficient (Wildman–Crippen LogP) is 3.36. The first-order valence-electron chi connectivity index (χ1n) is 8.32. The van der Waals surface area contributed by atoms with Gasteiger partial charge in [0, 0.05) is 12.1 Å². The molecule has 0 saturated heterocycles. The van der Waals surface area contributed by atoms with E-state index in [1.807, 2.05) is 0 Å². The number of aromatic nitrogens is 3. The van der Waals surface area contributed by atoms with Crippen molar-refractivity contribution in [1.82, 2.24) is 15.0 Å². The van der Waals surface area contributed by atoms with Crippen molar-refractivity contribution in [2.24, 2.45) is 0 Å². The van der Waals surface area contributed by atoms with E-state index in [4.69, 9.17) is 0 Å². The standard InChI is InChI=1S/C19H14N4O4S/c24-23(25)15-12-10-14(11-13-15)19(28(26,27)16-6-2-1-3-7-16)22-18-9-5-4-8-17(18)20-21-22/h1-13,19H. The van der Waals surface area contributed by atoms with Crippen molar-refractivity contribution in [3.8, 4) is 0 Å². The Bertz CT molecular complexity index is 1250. The Hall–Kier alpha value is -3.59. The van der Waals surface area contributed by atoms with Crippen molar-refractivity contribution in [3.63, 3.8) is 0 Å². The second-order valence-corrected chi connectivity index (χ2v) is 8.09. The van der Waals surface area contributed by atoms with Gasteiger partial charge in [-0.1, -0.05) is 35.5 Å². The average molecular weight is 394 g/mol. The number of fused-ring (bicyclic) bond motifs is 1. The van der Waals surface area contributed by atoms with Crippen molar-refractivity contribution < 1.29 is 13.3 Å². The number of non-ortho nitro benzene ring substituents is 1. The van der Waals surface area contributed by atoms with Gasteiger partial charge in [0.15, 0.2) is 5.37 Å². The highest BCUT2D eigenvalue weighted by molar-refractivity contribution is 7.91. The first kappa shape index (κ1) is 17.8. The normalized spacial score (nSPS) is 12.7. The Balaban J connectivity index is 1.95. The molecule has 0 N–H and O–H groups in total. The van der Waals surface area contributed by atoms with Crippen molar-refractivity contribution in [1.29, 1.82) is 0 Å². The molecule has 1 heterocycles. The van der Waals surface area contributed by atoms with E-state index in [-0.39, 0.29) is 10.6 Å². The topological polar surface area (TPSA) is 108 Å². The number of nitro benzene ring substituents is 1. The summed E-state index contributed by atoms with van der Waals surface area (Å²) in [5.41, 5.74) is 1.33. The monoisotopic (exact) mass is 394 g/mol. The molecular weight excluding hydrogens is 380 g/mol. The summed E-state index contributed by atoms with van der Waals surface area (Å²) in [6.45, 7) is 0. The van der Waals surface area contributed by atoms with E-state index in [0.717, 1.165) is 0 Å². The quantitative estimate of drug-likeness (QED) is 0.379. The summed E-state index contributed by atoms with van der Waals surface area (Å²) in [6, 6.07) is 20.5. The number of rotatable bonds is 5. The molecule has 1 atom stereocenters. The third kappa shape index (κ3) is 3.01. The third-order valence-electron chi connectivity index (χ3n) is 4.35. The molecule has 4 rings (SSSR count). The smallest absolute Gasteiger partial charge is 0.258 e. The van der Waals surface area contributed by atoms with E-state index in [0.29, 0.717) is 16.6 Å². The molecular formula is C19H14N4O4S. The van der Waals surface area contributed by atoms with Gasteiger partial charge in [0.2, 0.25) is 9.84 Å². The van der Waals surface area contributed by atoms with Crippen molar-refractivity contribution in [2.45, 2.75) is 10.3 Å². The molecule has 1 unspecified atom stereocenters. The Morgan fingerprint density at radius 1 is 0.893 bits per heavy atom. The summed E-state index contributed by atoms with van der Waals surface area (Å²) in [5.74, 6) is 0. The zero-order chi connectivity index (χ0) is 19.7. The van der Waals surface area contributed by atoms with Crippen LogP contribution in [0.4, 0.5) is 5.69 Å². The maximum Gasteiger partial charge on any atom is 0.269 e. The molecule has 140 valence electrons. The minimum absolute atomic E-state index is 0.122. The Morgan fingerprint density at radius 2 is 1.54 bits per heavy atom. The first-order valence-corrected chi connectivity index (χ1v) is 9.86. The van der Waals surface area contributed by atoms with Gasteiger partial charge in [-0.15, -0.1) is 5.10 Å². The van der Waals surface area contributed by atoms with Crippen LogP contribution in [0.25, 0.3) is 11.0 Å². The van der Waals surface area contributed by atoms with Crippen LogP contribution in [0, 0.1) is 10.1 Å². The van der Waals surface area contributed by atoms with Crippen molar-refractivity contribution >= 4 is 26.6 Å². The number of nitrogens with zero attached hydrogens (tertiary/aromatic N) is 4. The first-order chi connectivity index (χ1) is 13.5. The molecule has 0 radical (unpaired) electrons. The molecule has 0 bridgehead atoms. The van der Waals surface area contributed by atoms with E-state index in [1.165, 1.54) is 41.1 Å². The maximum atomic E-state index is 13.5. The number of benzene rings is 3. The molecule has 0 amide bonds. The SMILES string of the molecule is O=[N+]([O-])c1ccc(C(n2nnc3ccccc32)S(=O)(=O)c2ccccc2)cc1. The zero-order valence-electron chi connectivity index (χ0n) is 14.4. The molecule has 0 aliphatic rings. The van der Waals surface area contributed by atoms with Gasteiger partial charge in [0.25, 0.3) is 5.69 Å². The molecule has 8 nitrogen and oxygen atoms in total. The number of hydrogen-bond acceptors (Lipinski definition) is 6. The molecule has 0 fully saturated rings. The molecule has 0 aliphatic carbocycles. The second kappa shape index (κ2) is 6.86. The minimum Gasteiger partial charge on any atom is -0.258 e. The van der Waals surface area contributed by atoms with E-state index < -0.39 is 20.1 Å². The van der Waals surface area contributed by atoms with Crippen LogP contribution in [0.3, 0.4) is 0 Å². The number of nitro groups is 1. The van der Waals surface area contributed by atoms with E-state index >= 15 is 0 Å². The summed E-state index contributed by atoms with van der Waals surface area (Å²) in [4.78, 5) is 10.6. The lowest BCUT2D eigenvalue weighted by Gasteiger charge is -2.19. The lowest BCUT2D eigenvalue weighted by molar-refractivity contribution is -0.384. The fourth-order valence-electron chi connectivity index (χ4n) is 3.01. The summed E-state index contributed by atoms with van der Waals surface area (Å²) < 4.78 is 28.3. The van der Waals surface area contributed by atoms with E-state index in [1.54, 1.807) is 42.5 Å². The van der Waals surface area contributed by atoms with Crippen LogP contribution in [0.1, 0.15) is 10.9 Å². The van der Waals surface area contributed by atoms with Crippen molar-refractivity contribution in [3.05, 3.63) is 94.5 Å². The summed E-state index contributed by atoms with van der Waals surface area (Å²) >= 11 is 0. The van der Waals surface area contributed by atoms with Crippen LogP contribution >= 0.6 is 0 Å². The number of sulfone groups is 1. The highest BCUT2D eigenvalue weighted by Gasteiger charge is 2.33. The van der Waals surface area contributed by atoms with Gasteiger partial charge < -0.3 is 0 Å². The van der Waals surface area contributed by atoms with Gasteiger partial charge in [-0.05, 0) is 42.0 Å². The lowest BCUT2D eigenvalue weighted by Crippen LogP contribution is -2.22. The zero-order valence-corrected chi connectivity index (χ0v) is 15.2. The van der Waals surface area contributed by atoms with Gasteiger partial charge in [0.1, 0.15) is 5.52 Å². The Kier molecular flexibility index (Phi) is 4.36. The summed E-state index contributed by atoms with van der Waals surface area (Å²) in [7, 11) is -3.91. The number of hydrogen-bond donors (Lipinski definition) is 0. The largest absolute Gasteiger partial charge is 0.269 e. The van der Waals surface area contributed by atoms with E-state index in [9.17, 15) is 18.5 Å². The van der Waals surface area contributed by atoms with Crippen LogP contribution in [-0.4, -0.2) is 28.3 Å². The molecule has 0 saturated carbocycles. The van der Waals surface area contributed by atoms with Crippen LogP contribution < -0.4 is 0 Å². The third-order valence-corrected chi connectivity index (χ3v) is 6.34. The van der Waals surface area contributed by atoms with Crippen LogP contribution in [0.15, 0.2) is 83.8 Å². The van der Waals surface area contributed by atoms with E-state index in [2.05, 4.69) is 10.3 Å². The predicted molar refractivity (Wildman–Crippen MR) is 102 cm³/mol. The second-order valence-electron chi connectivity index (χ2n) is 6.08. The minimum atomic E-state index is -3.91. The summed E-state index contributed by atoms with van der Waals surface area (Å²) in [6.07, 6.45) is 0.